The molecule has 1 atom stereocenters. The van der Waals surface area contributed by atoms with E-state index in [2.05, 4.69) is 37.9 Å². The van der Waals surface area contributed by atoms with E-state index in [1.807, 2.05) is 30.0 Å². The summed E-state index contributed by atoms with van der Waals surface area (Å²) < 4.78 is 39.1. The summed E-state index contributed by atoms with van der Waals surface area (Å²) in [7, 11) is 1.75. The van der Waals surface area contributed by atoms with Crippen LogP contribution in [0.5, 0.6) is 11.5 Å². The first kappa shape index (κ1) is 33.3. The second-order valence-corrected chi connectivity index (χ2v) is 16.0. The van der Waals surface area contributed by atoms with Gasteiger partial charge < -0.3 is 14.8 Å². The van der Waals surface area contributed by atoms with Crippen LogP contribution in [0.25, 0.3) is 22.3 Å². The molecule has 2 N–H and O–H groups in total. The first-order chi connectivity index (χ1) is 23.4. The summed E-state index contributed by atoms with van der Waals surface area (Å²) in [4.78, 5) is 20.1. The van der Waals surface area contributed by atoms with Gasteiger partial charge in [0, 0.05) is 35.8 Å². The average Bonchev–Trinajstić information content (AvgIpc) is 3.51. The number of rotatable bonds is 4. The highest BCUT2D eigenvalue weighted by molar-refractivity contribution is 7.99. The number of benzene rings is 3. The van der Waals surface area contributed by atoms with Gasteiger partial charge in [0.1, 0.15) is 11.6 Å². The highest BCUT2D eigenvalue weighted by atomic mass is 32.2. The van der Waals surface area contributed by atoms with Crippen LogP contribution in [0, 0.1) is 22.5 Å². The van der Waals surface area contributed by atoms with Gasteiger partial charge in [-0.3, -0.25) is 4.79 Å². The monoisotopic (exact) mass is 684 g/mol. The number of H-pyrrole nitrogens is 1. The number of carbonyl (C=O) groups is 1. The molecule has 1 fully saturated rings. The Labute approximate surface area is 289 Å². The molecule has 7 rings (SSSR count). The molecule has 1 aliphatic heterocycles. The van der Waals surface area contributed by atoms with Crippen molar-refractivity contribution in [3.63, 3.8) is 0 Å². The fourth-order valence-corrected chi connectivity index (χ4v) is 8.41. The molecule has 256 valence electrons. The smallest absolute Gasteiger partial charge is 0.309 e. The van der Waals surface area contributed by atoms with Gasteiger partial charge in [-0.2, -0.15) is 16.9 Å². The summed E-state index contributed by atoms with van der Waals surface area (Å²) in [6.07, 6.45) is 6.88. The molecule has 1 unspecified atom stereocenters. The van der Waals surface area contributed by atoms with Crippen molar-refractivity contribution in [2.45, 2.75) is 71.1 Å². The van der Waals surface area contributed by atoms with Crippen molar-refractivity contribution in [3.05, 3.63) is 94.9 Å². The van der Waals surface area contributed by atoms with E-state index >= 15 is 8.78 Å². The zero-order valence-electron chi connectivity index (χ0n) is 28.4. The minimum atomic E-state index is -0.742. The maximum atomic E-state index is 15.6. The highest BCUT2D eigenvalue weighted by Crippen LogP contribution is 2.49. The van der Waals surface area contributed by atoms with Crippen LogP contribution < -0.4 is 4.74 Å². The molecule has 3 aromatic carbocycles. The number of aromatic amines is 1. The number of aromatic nitrogens is 4. The van der Waals surface area contributed by atoms with Gasteiger partial charge in [0.25, 0.3) is 0 Å². The van der Waals surface area contributed by atoms with E-state index in [4.69, 9.17) is 14.8 Å². The summed E-state index contributed by atoms with van der Waals surface area (Å²) >= 11 is 1.85. The van der Waals surface area contributed by atoms with Gasteiger partial charge in [-0.1, -0.05) is 44.5 Å². The van der Waals surface area contributed by atoms with Crippen molar-refractivity contribution >= 4 is 28.6 Å². The van der Waals surface area contributed by atoms with Crippen molar-refractivity contribution in [1.82, 2.24) is 19.7 Å². The predicted molar refractivity (Wildman–Crippen MR) is 189 cm³/mol. The zero-order valence-corrected chi connectivity index (χ0v) is 29.2. The highest BCUT2D eigenvalue weighted by Gasteiger charge is 2.50. The minimum absolute atomic E-state index is 0.0344. The lowest BCUT2D eigenvalue weighted by Gasteiger charge is -2.31. The Morgan fingerprint density at radius 2 is 1.86 bits per heavy atom. The number of fused-ring (bicyclic) bond motifs is 8. The molecule has 0 amide bonds. The largest absolute Gasteiger partial charge is 0.481 e. The van der Waals surface area contributed by atoms with E-state index in [1.165, 1.54) is 18.2 Å². The van der Waals surface area contributed by atoms with Crippen LogP contribution in [0.4, 0.5) is 8.78 Å². The third-order valence-electron chi connectivity index (χ3n) is 10.5. The van der Waals surface area contributed by atoms with Crippen molar-refractivity contribution in [1.29, 1.82) is 0 Å². The van der Waals surface area contributed by atoms with Gasteiger partial charge in [-0.15, -0.1) is 0 Å². The van der Waals surface area contributed by atoms with Crippen molar-refractivity contribution in [3.8, 4) is 22.9 Å². The number of carboxylic acids is 1. The van der Waals surface area contributed by atoms with Gasteiger partial charge >= 0.3 is 5.97 Å². The standard InChI is InChI=1S/C39H42F2N4O3S/c1-37(2)13-6-14-38(3,25-8-5-7-24(19-25)22-39(15-16-39)36(46)47)35-43-34(45(4)44-35)29-20-26(9-10-30(29)40)48-33-28(12-18-49-23-37)27-11-17-42-32(27)21-31(33)41/h5,7-11,17,19-21,42H,6,12-16,18,22-23H2,1-4H3,(H,46,47). The quantitative estimate of drug-likeness (QED) is 0.196. The van der Waals surface area contributed by atoms with E-state index in [0.29, 0.717) is 48.6 Å². The fraction of sp³-hybridized carbons (Fsp3) is 0.410. The third kappa shape index (κ3) is 6.47. The SMILES string of the molecule is Cn1nc2nc1-c1cc(ccc1F)Oc1c(F)cc3[nH]ccc3c1CCSCC(C)(C)CCCC2(C)c1cccc(CC2(C(=O)O)CC2)c1. The summed E-state index contributed by atoms with van der Waals surface area (Å²) in [5.74, 6) is 1.36. The lowest BCUT2D eigenvalue weighted by Crippen LogP contribution is -2.27. The number of thioether (sulfide) groups is 1. The van der Waals surface area contributed by atoms with E-state index in [1.54, 1.807) is 24.0 Å². The van der Waals surface area contributed by atoms with Gasteiger partial charge in [0.05, 0.1) is 16.4 Å². The number of nitrogens with zero attached hydrogens (tertiary/aromatic N) is 3. The van der Waals surface area contributed by atoms with Crippen LogP contribution in [0.15, 0.2) is 60.8 Å². The zero-order chi connectivity index (χ0) is 34.6. The van der Waals surface area contributed by atoms with Gasteiger partial charge in [-0.25, -0.2) is 18.4 Å². The Hall–Kier alpha value is -4.18. The van der Waals surface area contributed by atoms with Crippen molar-refractivity contribution in [2.75, 3.05) is 11.5 Å². The lowest BCUT2D eigenvalue weighted by molar-refractivity contribution is -0.143. The van der Waals surface area contributed by atoms with E-state index in [9.17, 15) is 9.90 Å². The number of halogens is 2. The van der Waals surface area contributed by atoms with Crippen LogP contribution in [0.3, 0.4) is 0 Å². The van der Waals surface area contributed by atoms with E-state index < -0.39 is 28.4 Å². The van der Waals surface area contributed by atoms with Crippen LogP contribution in [-0.4, -0.2) is 42.3 Å². The van der Waals surface area contributed by atoms with Crippen molar-refractivity contribution < 1.29 is 23.4 Å². The Bertz CT molecular complexity index is 2050. The number of hydrogen-bond donors (Lipinski definition) is 2. The molecule has 0 radical (unpaired) electrons. The Morgan fingerprint density at radius 1 is 1.04 bits per heavy atom. The first-order valence-electron chi connectivity index (χ1n) is 17.0. The van der Waals surface area contributed by atoms with E-state index in [-0.39, 0.29) is 16.7 Å². The number of hydrogen-bond acceptors (Lipinski definition) is 5. The molecule has 10 heteroatoms. The second kappa shape index (κ2) is 12.6. The predicted octanol–water partition coefficient (Wildman–Crippen LogP) is 9.23. The van der Waals surface area contributed by atoms with Crippen LogP contribution >= 0.6 is 11.8 Å². The minimum Gasteiger partial charge on any atom is -0.481 e. The van der Waals surface area contributed by atoms with Gasteiger partial charge in [0.2, 0.25) is 0 Å². The molecule has 1 aliphatic carbocycles. The summed E-state index contributed by atoms with van der Waals surface area (Å²) in [5, 5.41) is 15.7. The molecule has 2 aliphatic rings. The molecule has 7 nitrogen and oxygen atoms in total. The molecule has 3 heterocycles. The molecule has 0 spiro atoms. The normalized spacial score (nSPS) is 20.5. The summed E-state index contributed by atoms with van der Waals surface area (Å²) in [6, 6.07) is 15.9. The lowest BCUT2D eigenvalue weighted by atomic mass is 9.75. The number of carboxylic acid groups (broad SMARTS) is 1. The number of nitrogens with one attached hydrogen (secondary N) is 1. The Morgan fingerprint density at radius 3 is 2.63 bits per heavy atom. The molecular formula is C39H42F2N4O3S. The maximum Gasteiger partial charge on any atom is 0.309 e. The molecule has 5 aromatic rings. The second-order valence-electron chi connectivity index (χ2n) is 14.8. The number of ether oxygens (including phenoxy) is 1. The number of aryl methyl sites for hydroxylation is 2. The maximum absolute atomic E-state index is 15.6. The molecule has 49 heavy (non-hydrogen) atoms. The van der Waals surface area contributed by atoms with Crippen LogP contribution in [-0.2, 0) is 30.1 Å². The van der Waals surface area contributed by atoms with Crippen LogP contribution in [0.2, 0.25) is 0 Å². The molecule has 0 saturated heterocycles. The fourth-order valence-electron chi connectivity index (χ4n) is 7.22. The molecular weight excluding hydrogens is 643 g/mol. The first-order valence-corrected chi connectivity index (χ1v) is 18.1. The number of aliphatic carboxylic acids is 1. The van der Waals surface area contributed by atoms with Crippen molar-refractivity contribution in [2.24, 2.45) is 17.9 Å². The van der Waals surface area contributed by atoms with E-state index in [0.717, 1.165) is 52.8 Å². The molecule has 4 bridgehead atoms. The topological polar surface area (TPSA) is 93.0 Å². The third-order valence-corrected chi connectivity index (χ3v) is 11.9. The Balaban J connectivity index is 1.32. The Kier molecular flexibility index (Phi) is 8.58. The molecule has 1 saturated carbocycles. The van der Waals surface area contributed by atoms with Gasteiger partial charge in [0.15, 0.2) is 23.2 Å². The molecule has 2 aromatic heterocycles. The van der Waals surface area contributed by atoms with Crippen LogP contribution in [0.1, 0.15) is 75.4 Å². The summed E-state index contributed by atoms with van der Waals surface area (Å²) in [5.41, 5.74) is 2.40. The summed E-state index contributed by atoms with van der Waals surface area (Å²) in [6.45, 7) is 6.70. The average molecular weight is 685 g/mol. The van der Waals surface area contributed by atoms with Gasteiger partial charge in [-0.05, 0) is 97.8 Å².